The van der Waals surface area contributed by atoms with Crippen LogP contribution >= 0.6 is 22.6 Å². The number of carbonyl (C=O) groups is 1. The smallest absolute Gasteiger partial charge is 0.254 e. The first kappa shape index (κ1) is 22.7. The second kappa shape index (κ2) is 10.0. The normalized spacial score (nSPS) is 21.4. The van der Waals surface area contributed by atoms with Crippen molar-refractivity contribution in [2.75, 3.05) is 32.7 Å². The van der Waals surface area contributed by atoms with Gasteiger partial charge in [-0.2, -0.15) is 0 Å². The predicted octanol–water partition coefficient (Wildman–Crippen LogP) is 4.72. The number of nitrogens with zero attached hydrogens (tertiary/aromatic N) is 3. The predicted molar refractivity (Wildman–Crippen MR) is 135 cm³/mol. The van der Waals surface area contributed by atoms with Crippen LogP contribution in [0.25, 0.3) is 0 Å². The highest BCUT2D eigenvalue weighted by Gasteiger charge is 2.32. The molecule has 5 heteroatoms. The number of hydrogen-bond acceptors (Lipinski definition) is 3. The van der Waals surface area contributed by atoms with Crippen molar-refractivity contribution in [1.82, 2.24) is 14.7 Å². The fourth-order valence-corrected chi connectivity index (χ4v) is 5.52. The fourth-order valence-electron chi connectivity index (χ4n) is 5.16. The number of carbonyl (C=O) groups excluding carboxylic acids is 1. The van der Waals surface area contributed by atoms with E-state index in [1.54, 1.807) is 0 Å². The molecule has 0 radical (unpaired) electrons. The zero-order valence-corrected chi connectivity index (χ0v) is 21.1. The summed E-state index contributed by atoms with van der Waals surface area (Å²) in [6.45, 7) is 12.6. The summed E-state index contributed by atoms with van der Waals surface area (Å²) in [4.78, 5) is 20.5. The van der Waals surface area contributed by atoms with Gasteiger partial charge in [-0.15, -0.1) is 0 Å². The lowest BCUT2D eigenvalue weighted by atomic mass is 9.97. The average molecular weight is 531 g/mol. The number of halogens is 1. The minimum Gasteiger partial charge on any atom is -0.339 e. The van der Waals surface area contributed by atoms with Gasteiger partial charge in [0, 0.05) is 60.5 Å². The summed E-state index contributed by atoms with van der Waals surface area (Å²) < 4.78 is 1.29. The lowest BCUT2D eigenvalue weighted by molar-refractivity contribution is 0.0259. The van der Waals surface area contributed by atoms with Crippen molar-refractivity contribution >= 4 is 28.5 Å². The van der Waals surface area contributed by atoms with E-state index in [1.165, 1.54) is 9.13 Å². The van der Waals surface area contributed by atoms with Gasteiger partial charge in [0.1, 0.15) is 0 Å². The fraction of sp³-hybridized carbons (Fsp3) is 0.500. The molecule has 2 aliphatic heterocycles. The van der Waals surface area contributed by atoms with Crippen LogP contribution in [0.4, 0.5) is 0 Å². The lowest BCUT2D eigenvalue weighted by Crippen LogP contribution is -2.56. The van der Waals surface area contributed by atoms with Crippen LogP contribution in [-0.4, -0.2) is 65.4 Å². The molecular formula is C26H34IN3O. The zero-order chi connectivity index (χ0) is 22.0. The standard InChI is InChI=1S/C26H34IN3O/c1-19-5-4-6-20(2)25(19)26(31)28-13-11-24(12-14-28)30-16-15-29(21(3)17-30)18-22-7-9-23(27)10-8-22/h4-10,21,24H,11-18H2,1-3H3. The number of benzene rings is 2. The molecule has 0 spiro atoms. The van der Waals surface area contributed by atoms with Gasteiger partial charge in [-0.3, -0.25) is 14.6 Å². The van der Waals surface area contributed by atoms with Gasteiger partial charge in [0.05, 0.1) is 0 Å². The summed E-state index contributed by atoms with van der Waals surface area (Å²) in [6.07, 6.45) is 2.17. The van der Waals surface area contributed by atoms with E-state index in [4.69, 9.17) is 0 Å². The molecule has 0 aromatic heterocycles. The van der Waals surface area contributed by atoms with Crippen LogP contribution in [0.1, 0.15) is 46.8 Å². The summed E-state index contributed by atoms with van der Waals surface area (Å²) in [7, 11) is 0. The third kappa shape index (κ3) is 5.32. The number of piperazine rings is 1. The molecule has 166 valence electrons. The second-order valence-electron chi connectivity index (χ2n) is 9.23. The molecule has 4 nitrogen and oxygen atoms in total. The molecule has 2 fully saturated rings. The first-order valence-electron chi connectivity index (χ1n) is 11.5. The van der Waals surface area contributed by atoms with E-state index in [9.17, 15) is 4.79 Å². The van der Waals surface area contributed by atoms with Crippen molar-refractivity contribution in [2.24, 2.45) is 0 Å². The summed E-state index contributed by atoms with van der Waals surface area (Å²) in [5.41, 5.74) is 4.48. The van der Waals surface area contributed by atoms with E-state index >= 15 is 0 Å². The molecule has 0 bridgehead atoms. The molecule has 0 saturated carbocycles. The van der Waals surface area contributed by atoms with Crippen LogP contribution in [0.15, 0.2) is 42.5 Å². The number of rotatable bonds is 4. The molecule has 1 amide bonds. The first-order valence-corrected chi connectivity index (χ1v) is 12.6. The molecule has 1 unspecified atom stereocenters. The van der Waals surface area contributed by atoms with Crippen LogP contribution in [0.2, 0.25) is 0 Å². The highest BCUT2D eigenvalue weighted by Crippen LogP contribution is 2.24. The van der Waals surface area contributed by atoms with Crippen LogP contribution in [0.5, 0.6) is 0 Å². The molecule has 0 aliphatic carbocycles. The maximum atomic E-state index is 13.1. The van der Waals surface area contributed by atoms with E-state index in [-0.39, 0.29) is 5.91 Å². The lowest BCUT2D eigenvalue weighted by Gasteiger charge is -2.45. The van der Waals surface area contributed by atoms with Gasteiger partial charge < -0.3 is 4.90 Å². The Morgan fingerprint density at radius 1 is 0.968 bits per heavy atom. The molecule has 2 saturated heterocycles. The SMILES string of the molecule is Cc1cccc(C)c1C(=O)N1CCC(N2CCN(Cc3ccc(I)cc3)C(C)C2)CC1. The quantitative estimate of drug-likeness (QED) is 0.535. The molecular weight excluding hydrogens is 497 g/mol. The van der Waals surface area contributed by atoms with Gasteiger partial charge in [0.2, 0.25) is 0 Å². The third-order valence-electron chi connectivity index (χ3n) is 7.06. The van der Waals surface area contributed by atoms with Gasteiger partial charge >= 0.3 is 0 Å². The highest BCUT2D eigenvalue weighted by atomic mass is 127. The van der Waals surface area contributed by atoms with E-state index in [1.807, 2.05) is 32.0 Å². The Morgan fingerprint density at radius 3 is 2.23 bits per heavy atom. The Bertz CT molecular complexity index is 885. The maximum absolute atomic E-state index is 13.1. The van der Waals surface area contributed by atoms with Gasteiger partial charge in [-0.05, 0) is 85.0 Å². The number of amides is 1. The van der Waals surface area contributed by atoms with Gasteiger partial charge in [0.15, 0.2) is 0 Å². The minimum atomic E-state index is 0.213. The van der Waals surface area contributed by atoms with Crippen molar-refractivity contribution < 1.29 is 4.79 Å². The molecule has 2 heterocycles. The summed E-state index contributed by atoms with van der Waals surface area (Å²) in [5, 5.41) is 0. The van der Waals surface area contributed by atoms with Gasteiger partial charge in [0.25, 0.3) is 5.91 Å². The van der Waals surface area contributed by atoms with Gasteiger partial charge in [-0.1, -0.05) is 30.3 Å². The number of piperidine rings is 1. The van der Waals surface area contributed by atoms with E-state index in [0.717, 1.165) is 68.8 Å². The Morgan fingerprint density at radius 2 is 1.61 bits per heavy atom. The number of aryl methyl sites for hydroxylation is 2. The first-order chi connectivity index (χ1) is 14.9. The molecule has 2 aromatic rings. The van der Waals surface area contributed by atoms with Crippen LogP contribution in [-0.2, 0) is 6.54 Å². The van der Waals surface area contributed by atoms with Crippen LogP contribution in [0.3, 0.4) is 0 Å². The third-order valence-corrected chi connectivity index (χ3v) is 7.78. The minimum absolute atomic E-state index is 0.213. The van der Waals surface area contributed by atoms with Crippen molar-refractivity contribution in [1.29, 1.82) is 0 Å². The van der Waals surface area contributed by atoms with Crippen molar-refractivity contribution in [3.8, 4) is 0 Å². The topological polar surface area (TPSA) is 26.8 Å². The average Bonchev–Trinajstić information content (AvgIpc) is 2.76. The highest BCUT2D eigenvalue weighted by molar-refractivity contribution is 14.1. The van der Waals surface area contributed by atoms with Crippen LogP contribution in [0, 0.1) is 17.4 Å². The van der Waals surface area contributed by atoms with E-state index in [2.05, 4.69) is 68.5 Å². The second-order valence-corrected chi connectivity index (χ2v) is 10.5. The largest absolute Gasteiger partial charge is 0.339 e. The van der Waals surface area contributed by atoms with Crippen molar-refractivity contribution in [2.45, 2.75) is 52.2 Å². The van der Waals surface area contributed by atoms with Crippen molar-refractivity contribution in [3.63, 3.8) is 0 Å². The monoisotopic (exact) mass is 531 g/mol. The number of hydrogen-bond donors (Lipinski definition) is 0. The Labute approximate surface area is 200 Å². The van der Waals surface area contributed by atoms with E-state index in [0.29, 0.717) is 12.1 Å². The Kier molecular flexibility index (Phi) is 7.34. The summed E-state index contributed by atoms with van der Waals surface area (Å²) >= 11 is 2.37. The maximum Gasteiger partial charge on any atom is 0.254 e. The number of likely N-dealkylation sites (tertiary alicyclic amines) is 1. The molecule has 4 rings (SSSR count). The summed E-state index contributed by atoms with van der Waals surface area (Å²) in [6, 6.07) is 16.2. The van der Waals surface area contributed by atoms with Crippen molar-refractivity contribution in [3.05, 3.63) is 68.3 Å². The zero-order valence-electron chi connectivity index (χ0n) is 19.0. The Balaban J connectivity index is 1.30. The Hall–Kier alpha value is -1.44. The molecule has 2 aromatic carbocycles. The van der Waals surface area contributed by atoms with Gasteiger partial charge in [-0.25, -0.2) is 0 Å². The molecule has 1 atom stereocenters. The molecule has 31 heavy (non-hydrogen) atoms. The molecule has 0 N–H and O–H groups in total. The molecule has 2 aliphatic rings. The van der Waals surface area contributed by atoms with Crippen LogP contribution < -0.4 is 0 Å². The van der Waals surface area contributed by atoms with E-state index < -0.39 is 0 Å². The summed E-state index contributed by atoms with van der Waals surface area (Å²) in [5.74, 6) is 0.213.